The van der Waals surface area contributed by atoms with Gasteiger partial charge in [0, 0.05) is 11.5 Å². The molecule has 5 nitrogen and oxygen atoms in total. The Kier molecular flexibility index (Phi) is 3.78. The van der Waals surface area contributed by atoms with Crippen molar-refractivity contribution in [2.45, 2.75) is 6.04 Å². The predicted molar refractivity (Wildman–Crippen MR) is 50.5 cm³/mol. The molecule has 0 saturated carbocycles. The molecule has 1 rings (SSSR count). The van der Waals surface area contributed by atoms with E-state index in [1.54, 1.807) is 0 Å². The lowest BCUT2D eigenvalue weighted by atomic mass is 10.1. The second-order valence-electron chi connectivity index (χ2n) is 2.54. The summed E-state index contributed by atoms with van der Waals surface area (Å²) >= 11 is 0. The monoisotopic (exact) mass is 177 g/mol. The van der Waals surface area contributed by atoms with Crippen LogP contribution < -0.4 is 11.3 Å². The Balaban J connectivity index is 2.72. The van der Waals surface area contributed by atoms with Gasteiger partial charge in [0.05, 0.1) is 6.04 Å². The van der Waals surface area contributed by atoms with Gasteiger partial charge in [0.25, 0.3) is 0 Å². The van der Waals surface area contributed by atoms with Crippen LogP contribution in [0.15, 0.2) is 35.4 Å². The fourth-order valence-corrected chi connectivity index (χ4v) is 1.06. The van der Waals surface area contributed by atoms with E-state index in [0.29, 0.717) is 6.54 Å². The first kappa shape index (κ1) is 9.54. The lowest BCUT2D eigenvalue weighted by molar-refractivity contribution is 0.563. The third-order valence-electron chi connectivity index (χ3n) is 1.73. The summed E-state index contributed by atoms with van der Waals surface area (Å²) in [6, 6.07) is 9.49. The zero-order valence-electron chi connectivity index (χ0n) is 7.09. The Labute approximate surface area is 76.2 Å². The molecule has 13 heavy (non-hydrogen) atoms. The number of hydrazine groups is 1. The molecule has 0 unspecified atom stereocenters. The number of nitrogens with two attached hydrogens (primary N) is 1. The lowest BCUT2D eigenvalue weighted by Crippen LogP contribution is -2.29. The third kappa shape index (κ3) is 2.76. The molecule has 0 bridgehead atoms. The van der Waals surface area contributed by atoms with Crippen molar-refractivity contribution in [3.05, 3.63) is 46.3 Å². The van der Waals surface area contributed by atoms with Gasteiger partial charge in [0.1, 0.15) is 0 Å². The number of nitrogens with one attached hydrogen (secondary N) is 1. The highest BCUT2D eigenvalue weighted by Gasteiger charge is 2.06. The second kappa shape index (κ2) is 5.16. The second-order valence-corrected chi connectivity index (χ2v) is 2.54. The van der Waals surface area contributed by atoms with Crippen LogP contribution in [0.1, 0.15) is 11.6 Å². The maximum absolute atomic E-state index is 8.15. The van der Waals surface area contributed by atoms with Crippen molar-refractivity contribution >= 4 is 0 Å². The van der Waals surface area contributed by atoms with E-state index in [2.05, 4.69) is 15.5 Å². The van der Waals surface area contributed by atoms with Gasteiger partial charge in [0.2, 0.25) is 0 Å². The number of hydrogen-bond acceptors (Lipinski definition) is 3. The van der Waals surface area contributed by atoms with Crippen LogP contribution in [0.25, 0.3) is 10.4 Å². The first-order valence-corrected chi connectivity index (χ1v) is 3.90. The highest BCUT2D eigenvalue weighted by molar-refractivity contribution is 5.18. The number of nitrogens with zero attached hydrogens (tertiary/aromatic N) is 3. The molecule has 0 aromatic heterocycles. The molecule has 5 heteroatoms. The average molecular weight is 177 g/mol. The maximum atomic E-state index is 8.15. The summed E-state index contributed by atoms with van der Waals surface area (Å²) in [5.74, 6) is 5.31. The third-order valence-corrected chi connectivity index (χ3v) is 1.73. The average Bonchev–Trinajstić information content (AvgIpc) is 2.21. The van der Waals surface area contributed by atoms with Crippen molar-refractivity contribution in [1.29, 1.82) is 0 Å². The van der Waals surface area contributed by atoms with Gasteiger partial charge in [-0.1, -0.05) is 35.4 Å². The summed E-state index contributed by atoms with van der Waals surface area (Å²) in [6.07, 6.45) is 0. The van der Waals surface area contributed by atoms with Crippen LogP contribution >= 0.6 is 0 Å². The van der Waals surface area contributed by atoms with Gasteiger partial charge in [-0.3, -0.25) is 11.3 Å². The Morgan fingerprint density at radius 2 is 2.15 bits per heavy atom. The van der Waals surface area contributed by atoms with E-state index >= 15 is 0 Å². The zero-order valence-corrected chi connectivity index (χ0v) is 7.09. The molecule has 0 amide bonds. The van der Waals surface area contributed by atoms with Gasteiger partial charge in [-0.25, -0.2) is 0 Å². The molecular formula is C8H11N5. The van der Waals surface area contributed by atoms with Crippen molar-refractivity contribution in [2.24, 2.45) is 11.0 Å². The molecule has 0 aliphatic rings. The van der Waals surface area contributed by atoms with Crippen LogP contribution in [-0.4, -0.2) is 6.54 Å². The van der Waals surface area contributed by atoms with Gasteiger partial charge in [-0.15, -0.1) is 0 Å². The number of rotatable bonds is 4. The molecule has 1 atom stereocenters. The normalized spacial score (nSPS) is 11.8. The summed E-state index contributed by atoms with van der Waals surface area (Å²) in [4.78, 5) is 2.68. The van der Waals surface area contributed by atoms with E-state index in [4.69, 9.17) is 11.4 Å². The topological polar surface area (TPSA) is 86.8 Å². The summed E-state index contributed by atoms with van der Waals surface area (Å²) in [6.45, 7) is 0.316. The molecule has 0 aliphatic carbocycles. The Morgan fingerprint density at radius 3 is 2.69 bits per heavy atom. The molecule has 1 aromatic carbocycles. The fraction of sp³-hybridized carbons (Fsp3) is 0.250. The van der Waals surface area contributed by atoms with Crippen LogP contribution in [0.3, 0.4) is 0 Å². The minimum Gasteiger partial charge on any atom is -0.271 e. The Hall–Kier alpha value is -1.55. The minimum atomic E-state index is -0.114. The van der Waals surface area contributed by atoms with Crippen LogP contribution in [0.5, 0.6) is 0 Å². The summed E-state index contributed by atoms with van der Waals surface area (Å²) < 4.78 is 0. The van der Waals surface area contributed by atoms with E-state index < -0.39 is 0 Å². The molecule has 1 aromatic rings. The molecule has 68 valence electrons. The standard InChI is InChI=1S/C8H11N5/c9-12-8(6-11-13-10)7-4-2-1-3-5-7/h1-5,8,12H,6,9H2/t8-/m1/s1. The SMILES string of the molecule is [N-]=[N+]=NC[C@@H](NN)c1ccccc1. The van der Waals surface area contributed by atoms with Gasteiger partial charge in [0.15, 0.2) is 0 Å². The van der Waals surface area contributed by atoms with Gasteiger partial charge < -0.3 is 0 Å². The molecule has 0 fully saturated rings. The molecule has 0 radical (unpaired) electrons. The smallest absolute Gasteiger partial charge is 0.0516 e. The first-order chi connectivity index (χ1) is 6.38. The van der Waals surface area contributed by atoms with Crippen molar-refractivity contribution in [3.8, 4) is 0 Å². The maximum Gasteiger partial charge on any atom is 0.0516 e. The highest BCUT2D eigenvalue weighted by Crippen LogP contribution is 2.11. The number of hydrogen-bond donors (Lipinski definition) is 2. The van der Waals surface area contributed by atoms with Crippen LogP contribution in [-0.2, 0) is 0 Å². The summed E-state index contributed by atoms with van der Waals surface area (Å²) in [7, 11) is 0. The largest absolute Gasteiger partial charge is 0.271 e. The van der Waals surface area contributed by atoms with Gasteiger partial charge in [-0.05, 0) is 11.1 Å². The van der Waals surface area contributed by atoms with E-state index in [9.17, 15) is 0 Å². The first-order valence-electron chi connectivity index (χ1n) is 3.90. The molecular weight excluding hydrogens is 166 g/mol. The quantitative estimate of drug-likeness (QED) is 0.240. The van der Waals surface area contributed by atoms with Crippen LogP contribution in [0.2, 0.25) is 0 Å². The highest BCUT2D eigenvalue weighted by atomic mass is 15.3. The summed E-state index contributed by atoms with van der Waals surface area (Å²) in [5, 5.41) is 3.46. The lowest BCUT2D eigenvalue weighted by Gasteiger charge is -2.12. The Bertz CT molecular complexity index is 291. The molecule has 0 heterocycles. The molecule has 0 saturated heterocycles. The predicted octanol–water partition coefficient (Wildman–Crippen LogP) is 1.50. The van der Waals surface area contributed by atoms with Crippen molar-refractivity contribution in [3.63, 3.8) is 0 Å². The molecule has 0 spiro atoms. The van der Waals surface area contributed by atoms with Crippen molar-refractivity contribution in [1.82, 2.24) is 5.43 Å². The minimum absolute atomic E-state index is 0.114. The van der Waals surface area contributed by atoms with Crippen LogP contribution in [0, 0.1) is 0 Å². The van der Waals surface area contributed by atoms with E-state index in [1.165, 1.54) is 0 Å². The van der Waals surface area contributed by atoms with Crippen molar-refractivity contribution in [2.75, 3.05) is 6.54 Å². The van der Waals surface area contributed by atoms with Gasteiger partial charge in [-0.2, -0.15) is 0 Å². The molecule has 0 aliphatic heterocycles. The van der Waals surface area contributed by atoms with E-state index in [1.807, 2.05) is 30.3 Å². The van der Waals surface area contributed by atoms with Crippen molar-refractivity contribution < 1.29 is 0 Å². The number of benzene rings is 1. The Morgan fingerprint density at radius 1 is 1.46 bits per heavy atom. The molecule has 3 N–H and O–H groups in total. The van der Waals surface area contributed by atoms with E-state index in [0.717, 1.165) is 5.56 Å². The van der Waals surface area contributed by atoms with Crippen LogP contribution in [0.4, 0.5) is 0 Å². The van der Waals surface area contributed by atoms with E-state index in [-0.39, 0.29) is 6.04 Å². The summed E-state index contributed by atoms with van der Waals surface area (Å²) in [5.41, 5.74) is 11.7. The number of azide groups is 1. The fourth-order valence-electron chi connectivity index (χ4n) is 1.06. The zero-order chi connectivity index (χ0) is 9.52. The van der Waals surface area contributed by atoms with Gasteiger partial charge >= 0.3 is 0 Å².